The number of nitrogens with one attached hydrogen (secondary N) is 1. The Morgan fingerprint density at radius 3 is 2.39 bits per heavy atom. The van der Waals surface area contributed by atoms with Crippen molar-refractivity contribution in [3.63, 3.8) is 0 Å². The summed E-state index contributed by atoms with van der Waals surface area (Å²) in [4.78, 5) is 0. The first-order chi connectivity index (χ1) is 10.9. The Labute approximate surface area is 133 Å². The van der Waals surface area contributed by atoms with Crippen molar-refractivity contribution >= 4 is 0 Å². The Morgan fingerprint density at radius 1 is 0.957 bits per heavy atom. The van der Waals surface area contributed by atoms with Crippen molar-refractivity contribution in [2.45, 2.75) is 19.3 Å². The topological polar surface area (TPSA) is 30.5 Å². The zero-order valence-corrected chi connectivity index (χ0v) is 12.9. The Balaban J connectivity index is 2.00. The average molecular weight is 325 g/mol. The second-order valence-electron chi connectivity index (χ2n) is 4.98. The van der Waals surface area contributed by atoms with Crippen molar-refractivity contribution in [2.24, 2.45) is 0 Å². The quantitative estimate of drug-likeness (QED) is 0.870. The Kier molecular flexibility index (Phi) is 5.50. The molecule has 0 unspecified atom stereocenters. The normalized spacial score (nSPS) is 11.3. The van der Waals surface area contributed by atoms with Crippen LogP contribution in [0.5, 0.6) is 11.5 Å². The Bertz CT molecular complexity index is 657. The van der Waals surface area contributed by atoms with E-state index in [-0.39, 0.29) is 0 Å². The van der Waals surface area contributed by atoms with Gasteiger partial charge in [-0.3, -0.25) is 0 Å². The zero-order valence-electron chi connectivity index (χ0n) is 12.9. The first-order valence-corrected chi connectivity index (χ1v) is 7.02. The average Bonchev–Trinajstić information content (AvgIpc) is 2.54. The smallest absolute Gasteiger partial charge is 0.416 e. The van der Waals surface area contributed by atoms with Crippen molar-refractivity contribution in [1.82, 2.24) is 5.32 Å². The molecule has 0 aliphatic rings. The van der Waals surface area contributed by atoms with E-state index in [1.54, 1.807) is 26.4 Å². The third-order valence-electron chi connectivity index (χ3n) is 3.39. The van der Waals surface area contributed by atoms with Crippen LogP contribution in [0.2, 0.25) is 0 Å². The fourth-order valence-corrected chi connectivity index (χ4v) is 2.20. The van der Waals surface area contributed by atoms with Crippen LogP contribution in [0.15, 0.2) is 42.5 Å². The molecule has 0 spiro atoms. The molecule has 0 amide bonds. The van der Waals surface area contributed by atoms with Crippen LogP contribution in [0.3, 0.4) is 0 Å². The lowest BCUT2D eigenvalue weighted by Crippen LogP contribution is -2.14. The first-order valence-electron chi connectivity index (χ1n) is 7.02. The molecule has 0 fully saturated rings. The fourth-order valence-electron chi connectivity index (χ4n) is 2.20. The minimum absolute atomic E-state index is 0.332. The SMILES string of the molecule is COc1ccc(CNCc2cccc(C(F)(F)F)c2)c(OC)c1. The van der Waals surface area contributed by atoms with Gasteiger partial charge in [-0.1, -0.05) is 24.3 Å². The van der Waals surface area contributed by atoms with Crippen LogP contribution >= 0.6 is 0 Å². The van der Waals surface area contributed by atoms with E-state index in [1.807, 2.05) is 12.1 Å². The van der Waals surface area contributed by atoms with E-state index >= 15 is 0 Å². The number of methoxy groups -OCH3 is 2. The lowest BCUT2D eigenvalue weighted by molar-refractivity contribution is -0.137. The van der Waals surface area contributed by atoms with E-state index in [1.165, 1.54) is 6.07 Å². The third-order valence-corrected chi connectivity index (χ3v) is 3.39. The van der Waals surface area contributed by atoms with Crippen LogP contribution < -0.4 is 14.8 Å². The monoisotopic (exact) mass is 325 g/mol. The maximum Gasteiger partial charge on any atom is 0.416 e. The van der Waals surface area contributed by atoms with Gasteiger partial charge in [-0.25, -0.2) is 0 Å². The molecule has 124 valence electrons. The molecule has 0 saturated heterocycles. The fraction of sp³-hybridized carbons (Fsp3) is 0.294. The van der Waals surface area contributed by atoms with Gasteiger partial charge in [0.2, 0.25) is 0 Å². The van der Waals surface area contributed by atoms with E-state index < -0.39 is 11.7 Å². The van der Waals surface area contributed by atoms with Crippen LogP contribution in [0.1, 0.15) is 16.7 Å². The van der Waals surface area contributed by atoms with Crippen molar-refractivity contribution in [2.75, 3.05) is 14.2 Å². The van der Waals surface area contributed by atoms with E-state index in [9.17, 15) is 13.2 Å². The van der Waals surface area contributed by atoms with Crippen molar-refractivity contribution in [3.8, 4) is 11.5 Å². The summed E-state index contributed by atoms with van der Waals surface area (Å²) in [5.74, 6) is 1.35. The zero-order chi connectivity index (χ0) is 16.9. The second-order valence-corrected chi connectivity index (χ2v) is 4.98. The van der Waals surface area contributed by atoms with Crippen molar-refractivity contribution in [3.05, 3.63) is 59.2 Å². The number of ether oxygens (including phenoxy) is 2. The summed E-state index contributed by atoms with van der Waals surface area (Å²) in [7, 11) is 3.13. The highest BCUT2D eigenvalue weighted by Crippen LogP contribution is 2.29. The van der Waals surface area contributed by atoms with Gasteiger partial charge in [0, 0.05) is 24.7 Å². The summed E-state index contributed by atoms with van der Waals surface area (Å²) in [5.41, 5.74) is 0.839. The molecule has 2 rings (SSSR count). The van der Waals surface area contributed by atoms with E-state index in [2.05, 4.69) is 5.32 Å². The van der Waals surface area contributed by atoms with E-state index in [0.717, 1.165) is 17.7 Å². The van der Waals surface area contributed by atoms with Gasteiger partial charge in [-0.05, 0) is 17.7 Å². The predicted molar refractivity (Wildman–Crippen MR) is 81.5 cm³/mol. The van der Waals surface area contributed by atoms with Crippen molar-refractivity contribution in [1.29, 1.82) is 0 Å². The highest BCUT2D eigenvalue weighted by Gasteiger charge is 2.30. The van der Waals surface area contributed by atoms with Gasteiger partial charge in [0.1, 0.15) is 11.5 Å². The lowest BCUT2D eigenvalue weighted by Gasteiger charge is -2.12. The molecule has 2 aromatic rings. The molecule has 0 radical (unpaired) electrons. The maximum absolute atomic E-state index is 12.7. The highest BCUT2D eigenvalue weighted by molar-refractivity contribution is 5.40. The third kappa shape index (κ3) is 4.63. The summed E-state index contributed by atoms with van der Waals surface area (Å²) in [6, 6.07) is 10.7. The Morgan fingerprint density at radius 2 is 1.74 bits per heavy atom. The summed E-state index contributed by atoms with van der Waals surface area (Å²) < 4.78 is 48.4. The maximum atomic E-state index is 12.7. The minimum Gasteiger partial charge on any atom is -0.497 e. The molecule has 0 aliphatic heterocycles. The molecular weight excluding hydrogens is 307 g/mol. The van der Waals surface area contributed by atoms with Gasteiger partial charge < -0.3 is 14.8 Å². The molecule has 2 aromatic carbocycles. The predicted octanol–water partition coefficient (Wildman–Crippen LogP) is 4.01. The standard InChI is InChI=1S/C17H18F3NO2/c1-22-15-7-6-13(16(9-15)23-2)11-21-10-12-4-3-5-14(8-12)17(18,19)20/h3-9,21H,10-11H2,1-2H3. The largest absolute Gasteiger partial charge is 0.497 e. The van der Waals surface area contributed by atoms with Gasteiger partial charge in [0.25, 0.3) is 0 Å². The summed E-state index contributed by atoms with van der Waals surface area (Å²) in [6.07, 6.45) is -4.32. The molecule has 0 bridgehead atoms. The number of hydrogen-bond acceptors (Lipinski definition) is 3. The van der Waals surface area contributed by atoms with Gasteiger partial charge in [0.15, 0.2) is 0 Å². The molecule has 6 heteroatoms. The van der Waals surface area contributed by atoms with Crippen LogP contribution in [-0.2, 0) is 19.3 Å². The van der Waals surface area contributed by atoms with E-state index in [0.29, 0.717) is 30.2 Å². The molecule has 0 heterocycles. The number of benzene rings is 2. The lowest BCUT2D eigenvalue weighted by atomic mass is 10.1. The molecular formula is C17H18F3NO2. The first kappa shape index (κ1) is 17.1. The molecule has 3 nitrogen and oxygen atoms in total. The number of rotatable bonds is 6. The summed E-state index contributed by atoms with van der Waals surface area (Å²) in [5, 5.41) is 3.12. The molecule has 0 saturated carbocycles. The van der Waals surface area contributed by atoms with Crippen LogP contribution in [0, 0.1) is 0 Å². The van der Waals surface area contributed by atoms with Crippen LogP contribution in [-0.4, -0.2) is 14.2 Å². The Hall–Kier alpha value is -2.21. The van der Waals surface area contributed by atoms with Gasteiger partial charge in [-0.2, -0.15) is 13.2 Å². The molecule has 0 aromatic heterocycles. The number of alkyl halides is 3. The number of halogens is 3. The summed E-state index contributed by atoms with van der Waals surface area (Å²) in [6.45, 7) is 0.808. The van der Waals surface area contributed by atoms with Crippen LogP contribution in [0.25, 0.3) is 0 Å². The van der Waals surface area contributed by atoms with Gasteiger partial charge >= 0.3 is 6.18 Å². The number of hydrogen-bond donors (Lipinski definition) is 1. The minimum atomic E-state index is -4.32. The van der Waals surface area contributed by atoms with Crippen LogP contribution in [0.4, 0.5) is 13.2 Å². The molecule has 1 N–H and O–H groups in total. The van der Waals surface area contributed by atoms with Gasteiger partial charge in [0.05, 0.1) is 19.8 Å². The molecule has 0 aliphatic carbocycles. The molecule has 23 heavy (non-hydrogen) atoms. The molecule has 0 atom stereocenters. The highest BCUT2D eigenvalue weighted by atomic mass is 19.4. The van der Waals surface area contributed by atoms with E-state index in [4.69, 9.17) is 9.47 Å². The van der Waals surface area contributed by atoms with Crippen molar-refractivity contribution < 1.29 is 22.6 Å². The second kappa shape index (κ2) is 7.37. The summed E-state index contributed by atoms with van der Waals surface area (Å²) >= 11 is 0. The van der Waals surface area contributed by atoms with Gasteiger partial charge in [-0.15, -0.1) is 0 Å².